The van der Waals surface area contributed by atoms with E-state index >= 15 is 0 Å². The van der Waals surface area contributed by atoms with Gasteiger partial charge in [0.1, 0.15) is 11.6 Å². The molecule has 4 aromatic rings. The van der Waals surface area contributed by atoms with Gasteiger partial charge >= 0.3 is 12.4 Å². The van der Waals surface area contributed by atoms with Crippen LogP contribution in [0.25, 0.3) is 33.6 Å². The highest BCUT2D eigenvalue weighted by Gasteiger charge is 2.32. The van der Waals surface area contributed by atoms with Crippen LogP contribution in [0.4, 0.5) is 26.3 Å². The number of rotatable bonds is 15. The van der Waals surface area contributed by atoms with E-state index in [0.29, 0.717) is 36.1 Å². The Kier molecular flexibility index (Phi) is 13.4. The van der Waals surface area contributed by atoms with Crippen molar-refractivity contribution in [2.24, 2.45) is 10.8 Å². The second kappa shape index (κ2) is 17.2. The molecule has 8 nitrogen and oxygen atoms in total. The lowest BCUT2D eigenvalue weighted by Crippen LogP contribution is -2.33. The van der Waals surface area contributed by atoms with E-state index in [2.05, 4.69) is 30.6 Å². The van der Waals surface area contributed by atoms with Crippen molar-refractivity contribution in [2.75, 3.05) is 13.1 Å². The highest BCUT2D eigenvalue weighted by molar-refractivity contribution is 5.77. The van der Waals surface area contributed by atoms with Gasteiger partial charge in [-0.25, -0.2) is 9.97 Å². The number of carbonyl (C=O) groups is 2. The molecular weight excluding hydrogens is 710 g/mol. The number of halogens is 6. The molecule has 0 aliphatic rings. The number of amides is 2. The highest BCUT2D eigenvalue weighted by Crippen LogP contribution is 2.34. The van der Waals surface area contributed by atoms with Gasteiger partial charge in [-0.1, -0.05) is 90.1 Å². The summed E-state index contributed by atoms with van der Waals surface area (Å²) in [5, 5.41) is 5.61. The number of hydrogen-bond acceptors (Lipinski definition) is 4. The van der Waals surface area contributed by atoms with Crippen LogP contribution in [0, 0.1) is 10.8 Å². The van der Waals surface area contributed by atoms with E-state index in [0.717, 1.165) is 22.3 Å². The first-order valence-corrected chi connectivity index (χ1v) is 18.0. The van der Waals surface area contributed by atoms with Gasteiger partial charge in [0.2, 0.25) is 11.8 Å². The molecule has 4 rings (SSSR count). The summed E-state index contributed by atoms with van der Waals surface area (Å²) in [5.41, 5.74) is 4.17. The van der Waals surface area contributed by atoms with Gasteiger partial charge in [0.05, 0.1) is 23.8 Å². The minimum atomic E-state index is -4.36. The molecule has 4 N–H and O–H groups in total. The van der Waals surface area contributed by atoms with Crippen LogP contribution in [0.3, 0.4) is 0 Å². The van der Waals surface area contributed by atoms with E-state index < -0.39 is 37.0 Å². The summed E-state index contributed by atoms with van der Waals surface area (Å²) >= 11 is 0. The zero-order valence-corrected chi connectivity index (χ0v) is 31.6. The first-order valence-electron chi connectivity index (χ1n) is 18.0. The largest absolute Gasteiger partial charge is 0.389 e. The molecule has 294 valence electrons. The van der Waals surface area contributed by atoms with Crippen molar-refractivity contribution in [1.82, 2.24) is 30.6 Å². The van der Waals surface area contributed by atoms with Crippen LogP contribution in [0.2, 0.25) is 0 Å². The summed E-state index contributed by atoms with van der Waals surface area (Å²) < 4.78 is 78.8. The van der Waals surface area contributed by atoms with E-state index in [9.17, 15) is 35.9 Å². The maximum absolute atomic E-state index is 13.1. The summed E-state index contributed by atoms with van der Waals surface area (Å²) in [6, 6.07) is 15.0. The van der Waals surface area contributed by atoms with Crippen LogP contribution in [0.15, 0.2) is 60.9 Å². The predicted molar refractivity (Wildman–Crippen MR) is 197 cm³/mol. The number of carbonyl (C=O) groups excluding carboxylic acids is 2. The van der Waals surface area contributed by atoms with Crippen molar-refractivity contribution in [3.63, 3.8) is 0 Å². The van der Waals surface area contributed by atoms with Crippen LogP contribution in [-0.2, 0) is 9.59 Å². The van der Waals surface area contributed by atoms with Crippen LogP contribution < -0.4 is 10.6 Å². The third-order valence-corrected chi connectivity index (χ3v) is 8.74. The number of nitrogens with one attached hydrogen (secondary N) is 4. The van der Waals surface area contributed by atoms with Gasteiger partial charge in [0.15, 0.2) is 0 Å². The number of benzene rings is 2. The first kappa shape index (κ1) is 42.1. The molecule has 2 amide bonds. The minimum Gasteiger partial charge on any atom is -0.356 e. The molecule has 54 heavy (non-hydrogen) atoms. The quantitative estimate of drug-likeness (QED) is 0.0903. The molecule has 0 unspecified atom stereocenters. The molecule has 0 bridgehead atoms. The van der Waals surface area contributed by atoms with Crippen molar-refractivity contribution in [3.05, 3.63) is 72.6 Å². The Labute approximate surface area is 312 Å². The molecule has 0 saturated carbocycles. The number of nitrogens with zero attached hydrogens (tertiary/aromatic N) is 2. The van der Waals surface area contributed by atoms with Gasteiger partial charge in [0.25, 0.3) is 0 Å². The zero-order valence-electron chi connectivity index (χ0n) is 31.6. The number of imidazole rings is 2. The van der Waals surface area contributed by atoms with Gasteiger partial charge in [-0.05, 0) is 45.9 Å². The average molecular weight is 761 g/mol. The van der Waals surface area contributed by atoms with Crippen LogP contribution in [-0.4, -0.2) is 57.2 Å². The van der Waals surface area contributed by atoms with E-state index in [1.807, 2.05) is 90.1 Å². The number of aromatic amines is 2. The normalized spacial score (nSPS) is 13.8. The molecule has 0 radical (unpaired) electrons. The lowest BCUT2D eigenvalue weighted by molar-refractivity contribution is -0.138. The second-order valence-corrected chi connectivity index (χ2v) is 16.3. The number of H-pyrrole nitrogens is 2. The van der Waals surface area contributed by atoms with Crippen LogP contribution >= 0.6 is 0 Å². The van der Waals surface area contributed by atoms with Crippen molar-refractivity contribution < 1.29 is 35.9 Å². The molecule has 2 heterocycles. The molecule has 2 aromatic carbocycles. The van der Waals surface area contributed by atoms with Gasteiger partial charge < -0.3 is 20.6 Å². The van der Waals surface area contributed by atoms with Crippen molar-refractivity contribution in [1.29, 1.82) is 0 Å². The van der Waals surface area contributed by atoms with Gasteiger partial charge in [-0.3, -0.25) is 9.59 Å². The lowest BCUT2D eigenvalue weighted by atomic mass is 9.95. The summed E-state index contributed by atoms with van der Waals surface area (Å²) in [4.78, 5) is 40.2. The van der Waals surface area contributed by atoms with Crippen LogP contribution in [0.5, 0.6) is 0 Å². The van der Waals surface area contributed by atoms with Crippen molar-refractivity contribution in [2.45, 2.75) is 104 Å². The number of alkyl halides is 6. The number of aromatic nitrogens is 4. The zero-order chi connectivity index (χ0) is 39.9. The lowest BCUT2D eigenvalue weighted by Gasteiger charge is -2.20. The summed E-state index contributed by atoms with van der Waals surface area (Å²) in [7, 11) is 0. The smallest absolute Gasteiger partial charge is 0.356 e. The van der Waals surface area contributed by atoms with Gasteiger partial charge in [0, 0.05) is 50.6 Å². The Balaban J connectivity index is 1.45. The fraction of sp³-hybridized carbons (Fsp3) is 0.500. The molecular formula is C40H50F6N6O2. The van der Waals surface area contributed by atoms with Crippen LogP contribution in [0.1, 0.15) is 104 Å². The molecule has 0 fully saturated rings. The summed E-state index contributed by atoms with van der Waals surface area (Å²) in [6.07, 6.45) is -8.49. The third-order valence-electron chi connectivity index (χ3n) is 8.74. The maximum atomic E-state index is 13.1. The summed E-state index contributed by atoms with van der Waals surface area (Å²) in [5.74, 6) is -1.52. The Morgan fingerprint density at radius 2 is 0.889 bits per heavy atom. The molecule has 0 saturated heterocycles. The third kappa shape index (κ3) is 14.0. The number of hydrogen-bond donors (Lipinski definition) is 4. The fourth-order valence-corrected chi connectivity index (χ4v) is 5.73. The molecule has 14 heteroatoms. The van der Waals surface area contributed by atoms with E-state index in [-0.39, 0.29) is 48.3 Å². The standard InChI is InChI=1S/C40H50F6N6O2/c1-37(2,3)23-49-33(53)19-29(15-17-39(41,42)43)35-47-21-31(51-35)27-11-7-25(8-12-27)26-9-13-28(14-10-26)32-22-48-36(52-32)30(16-18-40(44,45)46)20-34(54)50-24-38(4,5)6/h7-14,21-22,29-30H,15-20,23-24H2,1-6H3,(H,47,51)(H,48,52)(H,49,53)(H,50,54)/t29-,30-/m1/s1. The SMILES string of the molecule is CC(C)(C)CNC(=O)C[C@@H](CCC(F)(F)F)c1ncc(-c2ccc(-c3ccc(-c4cnc([C@H](CCC(F)(F)F)CC(=O)NCC(C)(C)C)[nH]4)cc3)cc2)[nH]1. The average Bonchev–Trinajstić information content (AvgIpc) is 3.77. The minimum absolute atomic E-state index is 0.124. The summed E-state index contributed by atoms with van der Waals surface area (Å²) in [6.45, 7) is 12.5. The second-order valence-electron chi connectivity index (χ2n) is 16.3. The maximum Gasteiger partial charge on any atom is 0.389 e. The molecule has 0 spiro atoms. The molecule has 0 aliphatic heterocycles. The van der Waals surface area contributed by atoms with Crippen molar-refractivity contribution in [3.8, 4) is 33.6 Å². The van der Waals surface area contributed by atoms with Gasteiger partial charge in [-0.15, -0.1) is 0 Å². The Morgan fingerprint density at radius 3 is 1.19 bits per heavy atom. The molecule has 2 aromatic heterocycles. The molecule has 2 atom stereocenters. The molecule has 0 aliphatic carbocycles. The Hall–Kier alpha value is -4.62. The predicted octanol–water partition coefficient (Wildman–Crippen LogP) is 10.1. The van der Waals surface area contributed by atoms with E-state index in [4.69, 9.17) is 0 Å². The first-order chi connectivity index (χ1) is 25.0. The fourth-order valence-electron chi connectivity index (χ4n) is 5.73. The monoisotopic (exact) mass is 760 g/mol. The highest BCUT2D eigenvalue weighted by atomic mass is 19.4. The van der Waals surface area contributed by atoms with Crippen molar-refractivity contribution >= 4 is 11.8 Å². The van der Waals surface area contributed by atoms with E-state index in [1.165, 1.54) is 0 Å². The van der Waals surface area contributed by atoms with E-state index in [1.54, 1.807) is 12.4 Å². The topological polar surface area (TPSA) is 116 Å². The van der Waals surface area contributed by atoms with Gasteiger partial charge in [-0.2, -0.15) is 26.3 Å². The Bertz CT molecular complexity index is 1680. The Morgan fingerprint density at radius 1 is 0.574 bits per heavy atom.